The van der Waals surface area contributed by atoms with Gasteiger partial charge in [0.2, 0.25) is 0 Å². The molecular weight excluding hydrogens is 220 g/mol. The molecule has 1 unspecified atom stereocenters. The van der Waals surface area contributed by atoms with Gasteiger partial charge in [-0.1, -0.05) is 6.92 Å². The lowest BCUT2D eigenvalue weighted by Crippen LogP contribution is -2.59. The Morgan fingerprint density at radius 1 is 1.33 bits per heavy atom. The minimum atomic E-state index is 0.330. The standard InChI is InChI=1S/C16H30N2/c1-6-7-8-9-15(17-3)16(18(4)5)12-10-14(2)11-13-16/h14-15,17H,8-13H2,1-5H3. The van der Waals surface area contributed by atoms with Gasteiger partial charge < -0.3 is 10.2 Å². The monoisotopic (exact) mass is 250 g/mol. The van der Waals surface area contributed by atoms with Crippen LogP contribution in [0.5, 0.6) is 0 Å². The van der Waals surface area contributed by atoms with E-state index in [2.05, 4.69) is 50.1 Å². The topological polar surface area (TPSA) is 15.3 Å². The number of nitrogens with one attached hydrogen (secondary N) is 1. The Balaban J connectivity index is 2.76. The molecule has 0 saturated heterocycles. The highest BCUT2D eigenvalue weighted by molar-refractivity contribution is 5.03. The fraction of sp³-hybridized carbons (Fsp3) is 0.875. The Bertz CT molecular complexity index is 290. The van der Waals surface area contributed by atoms with E-state index in [1.165, 1.54) is 25.7 Å². The van der Waals surface area contributed by atoms with Gasteiger partial charge in [0, 0.05) is 18.0 Å². The van der Waals surface area contributed by atoms with Gasteiger partial charge in [-0.2, -0.15) is 0 Å². The Morgan fingerprint density at radius 2 is 1.94 bits per heavy atom. The molecule has 0 aromatic heterocycles. The molecule has 0 bridgehead atoms. The van der Waals surface area contributed by atoms with Gasteiger partial charge in [-0.3, -0.25) is 0 Å². The first kappa shape index (κ1) is 15.5. The molecule has 0 amide bonds. The van der Waals surface area contributed by atoms with E-state index in [-0.39, 0.29) is 0 Å². The first-order chi connectivity index (χ1) is 8.56. The lowest BCUT2D eigenvalue weighted by molar-refractivity contribution is 0.0436. The number of rotatable bonds is 5. The highest BCUT2D eigenvalue weighted by Crippen LogP contribution is 2.38. The van der Waals surface area contributed by atoms with E-state index < -0.39 is 0 Å². The fourth-order valence-corrected chi connectivity index (χ4v) is 3.39. The molecule has 1 fully saturated rings. The molecule has 1 rings (SSSR count). The Kier molecular flexibility index (Phi) is 6.18. The third kappa shape index (κ3) is 3.49. The van der Waals surface area contributed by atoms with Crippen LogP contribution >= 0.6 is 0 Å². The van der Waals surface area contributed by atoms with Crippen LogP contribution in [0.2, 0.25) is 0 Å². The zero-order valence-corrected chi connectivity index (χ0v) is 12.8. The average molecular weight is 250 g/mol. The van der Waals surface area contributed by atoms with Crippen LogP contribution in [0.15, 0.2) is 0 Å². The summed E-state index contributed by atoms with van der Waals surface area (Å²) in [5.74, 6) is 7.11. The van der Waals surface area contributed by atoms with Crippen molar-refractivity contribution in [3.8, 4) is 11.8 Å². The van der Waals surface area contributed by atoms with Gasteiger partial charge in [0.15, 0.2) is 0 Å². The summed E-state index contributed by atoms with van der Waals surface area (Å²) in [7, 11) is 6.59. The van der Waals surface area contributed by atoms with Crippen molar-refractivity contribution >= 4 is 0 Å². The predicted molar refractivity (Wildman–Crippen MR) is 79.6 cm³/mol. The van der Waals surface area contributed by atoms with E-state index in [1.807, 2.05) is 6.92 Å². The zero-order chi connectivity index (χ0) is 13.6. The largest absolute Gasteiger partial charge is 0.315 e. The van der Waals surface area contributed by atoms with Crippen LogP contribution in [0.1, 0.15) is 52.4 Å². The first-order valence-electron chi connectivity index (χ1n) is 7.31. The van der Waals surface area contributed by atoms with Gasteiger partial charge in [-0.15, -0.1) is 11.8 Å². The van der Waals surface area contributed by atoms with Crippen molar-refractivity contribution < 1.29 is 0 Å². The SMILES string of the molecule is CC#CCCC(NC)C1(N(C)C)CCC(C)CC1. The smallest absolute Gasteiger partial charge is 0.0356 e. The van der Waals surface area contributed by atoms with Crippen molar-refractivity contribution in [2.75, 3.05) is 21.1 Å². The highest BCUT2D eigenvalue weighted by atomic mass is 15.2. The molecule has 104 valence electrons. The summed E-state index contributed by atoms with van der Waals surface area (Å²) >= 11 is 0. The molecular formula is C16H30N2. The molecule has 0 aliphatic heterocycles. The predicted octanol–water partition coefficient (Wildman–Crippen LogP) is 2.89. The second kappa shape index (κ2) is 7.16. The van der Waals surface area contributed by atoms with E-state index >= 15 is 0 Å². The molecule has 0 aromatic rings. The minimum Gasteiger partial charge on any atom is -0.315 e. The van der Waals surface area contributed by atoms with Crippen LogP contribution in [-0.2, 0) is 0 Å². The summed E-state index contributed by atoms with van der Waals surface area (Å²) in [5.41, 5.74) is 0.330. The quantitative estimate of drug-likeness (QED) is 0.755. The molecule has 1 aliphatic carbocycles. The lowest BCUT2D eigenvalue weighted by Gasteiger charge is -2.49. The fourth-order valence-electron chi connectivity index (χ4n) is 3.39. The molecule has 1 N–H and O–H groups in total. The maximum Gasteiger partial charge on any atom is 0.0356 e. The Morgan fingerprint density at radius 3 is 2.39 bits per heavy atom. The summed E-state index contributed by atoms with van der Waals surface area (Å²) in [6.07, 6.45) is 7.50. The molecule has 1 atom stereocenters. The Hall–Kier alpha value is -0.520. The third-order valence-electron chi connectivity index (χ3n) is 4.76. The van der Waals surface area contributed by atoms with Gasteiger partial charge >= 0.3 is 0 Å². The molecule has 0 radical (unpaired) electrons. The van der Waals surface area contributed by atoms with Crippen molar-refractivity contribution in [2.24, 2.45) is 5.92 Å². The number of nitrogens with zero attached hydrogens (tertiary/aromatic N) is 1. The minimum absolute atomic E-state index is 0.330. The molecule has 2 nitrogen and oxygen atoms in total. The normalized spacial score (nSPS) is 29.8. The zero-order valence-electron chi connectivity index (χ0n) is 12.8. The summed E-state index contributed by atoms with van der Waals surface area (Å²) < 4.78 is 0. The molecule has 1 aliphatic rings. The van der Waals surface area contributed by atoms with E-state index in [0.29, 0.717) is 11.6 Å². The van der Waals surface area contributed by atoms with E-state index in [1.54, 1.807) is 0 Å². The molecule has 0 spiro atoms. The summed E-state index contributed by atoms with van der Waals surface area (Å²) in [5, 5.41) is 3.56. The lowest BCUT2D eigenvalue weighted by atomic mass is 9.71. The average Bonchev–Trinajstić information content (AvgIpc) is 2.36. The van der Waals surface area contributed by atoms with Crippen LogP contribution in [-0.4, -0.2) is 37.6 Å². The molecule has 2 heteroatoms. The second-order valence-corrected chi connectivity index (χ2v) is 5.99. The van der Waals surface area contributed by atoms with Crippen LogP contribution in [0.3, 0.4) is 0 Å². The Labute approximate surface area is 114 Å². The number of likely N-dealkylation sites (N-methyl/N-ethyl adjacent to an activating group) is 2. The summed E-state index contributed by atoms with van der Waals surface area (Å²) in [4.78, 5) is 2.46. The van der Waals surface area contributed by atoms with Gasteiger partial charge in [0.1, 0.15) is 0 Å². The van der Waals surface area contributed by atoms with Crippen LogP contribution < -0.4 is 5.32 Å². The van der Waals surface area contributed by atoms with Gasteiger partial charge in [0.05, 0.1) is 0 Å². The van der Waals surface area contributed by atoms with Crippen molar-refractivity contribution in [1.82, 2.24) is 10.2 Å². The maximum atomic E-state index is 3.56. The maximum absolute atomic E-state index is 3.56. The van der Waals surface area contributed by atoms with Crippen molar-refractivity contribution in [1.29, 1.82) is 0 Å². The van der Waals surface area contributed by atoms with Crippen molar-refractivity contribution in [3.05, 3.63) is 0 Å². The van der Waals surface area contributed by atoms with E-state index in [0.717, 1.165) is 18.8 Å². The summed E-state index contributed by atoms with van der Waals surface area (Å²) in [6.45, 7) is 4.31. The van der Waals surface area contributed by atoms with E-state index in [9.17, 15) is 0 Å². The highest BCUT2D eigenvalue weighted by Gasteiger charge is 2.41. The van der Waals surface area contributed by atoms with Crippen molar-refractivity contribution in [3.63, 3.8) is 0 Å². The van der Waals surface area contributed by atoms with Gasteiger partial charge in [-0.25, -0.2) is 0 Å². The van der Waals surface area contributed by atoms with Crippen LogP contribution in [0.4, 0.5) is 0 Å². The van der Waals surface area contributed by atoms with Crippen molar-refractivity contribution in [2.45, 2.75) is 64.0 Å². The van der Waals surface area contributed by atoms with Gasteiger partial charge in [0.25, 0.3) is 0 Å². The summed E-state index contributed by atoms with van der Waals surface area (Å²) in [6, 6.07) is 0.556. The van der Waals surface area contributed by atoms with Crippen LogP contribution in [0, 0.1) is 17.8 Å². The molecule has 18 heavy (non-hydrogen) atoms. The second-order valence-electron chi connectivity index (χ2n) is 5.99. The van der Waals surface area contributed by atoms with Crippen LogP contribution in [0.25, 0.3) is 0 Å². The molecule has 1 saturated carbocycles. The molecule has 0 aromatic carbocycles. The number of hydrogen-bond acceptors (Lipinski definition) is 2. The third-order valence-corrected chi connectivity index (χ3v) is 4.76. The van der Waals surface area contributed by atoms with Gasteiger partial charge in [-0.05, 0) is 66.1 Å². The molecule has 0 heterocycles. The first-order valence-corrected chi connectivity index (χ1v) is 7.31. The number of hydrogen-bond donors (Lipinski definition) is 1. The van der Waals surface area contributed by atoms with E-state index in [4.69, 9.17) is 0 Å².